The molecular weight excluding hydrogens is 410 g/mol. The molecule has 2 aromatic carbocycles. The van der Waals surface area contributed by atoms with E-state index in [4.69, 9.17) is 18.9 Å². The zero-order valence-corrected chi connectivity index (χ0v) is 17.7. The molecule has 0 radical (unpaired) electrons. The van der Waals surface area contributed by atoms with Crippen LogP contribution in [0.5, 0.6) is 23.0 Å². The van der Waals surface area contributed by atoms with Gasteiger partial charge < -0.3 is 24.3 Å². The van der Waals surface area contributed by atoms with Crippen molar-refractivity contribution in [1.82, 2.24) is 9.78 Å². The van der Waals surface area contributed by atoms with Crippen molar-refractivity contribution in [3.05, 3.63) is 71.9 Å². The van der Waals surface area contributed by atoms with E-state index < -0.39 is 0 Å². The Hall–Kier alpha value is -3.94. The number of rotatable bonds is 7. The van der Waals surface area contributed by atoms with Crippen LogP contribution in [0.15, 0.2) is 55.3 Å². The summed E-state index contributed by atoms with van der Waals surface area (Å²) in [6, 6.07) is 11.5. The van der Waals surface area contributed by atoms with Gasteiger partial charge in [0, 0.05) is 17.9 Å². The van der Waals surface area contributed by atoms with Crippen molar-refractivity contribution in [3.63, 3.8) is 0 Å². The number of hydrogen-bond acceptors (Lipinski definition) is 6. The van der Waals surface area contributed by atoms with Gasteiger partial charge in [0.15, 0.2) is 23.0 Å². The van der Waals surface area contributed by atoms with Gasteiger partial charge in [0.05, 0.1) is 19.9 Å². The lowest BCUT2D eigenvalue weighted by atomic mass is 9.87. The zero-order valence-electron chi connectivity index (χ0n) is 17.7. The Morgan fingerprint density at radius 1 is 1.22 bits per heavy atom. The number of nitrogens with one attached hydrogen (secondary N) is 1. The van der Waals surface area contributed by atoms with E-state index >= 15 is 0 Å². The first-order chi connectivity index (χ1) is 15.7. The maximum atomic E-state index is 12.6. The highest BCUT2D eigenvalue weighted by Gasteiger charge is 2.30. The van der Waals surface area contributed by atoms with Crippen molar-refractivity contribution in [3.8, 4) is 23.0 Å². The van der Waals surface area contributed by atoms with Crippen molar-refractivity contribution in [1.29, 1.82) is 0 Å². The van der Waals surface area contributed by atoms with E-state index in [-0.39, 0.29) is 18.6 Å². The summed E-state index contributed by atoms with van der Waals surface area (Å²) in [5.74, 6) is 3.22. The van der Waals surface area contributed by atoms with E-state index in [1.165, 1.54) is 0 Å². The Bertz CT molecular complexity index is 1190. The topological polar surface area (TPSA) is 83.8 Å². The molecule has 0 bridgehead atoms. The van der Waals surface area contributed by atoms with E-state index in [1.807, 2.05) is 42.6 Å². The van der Waals surface area contributed by atoms with Crippen LogP contribution >= 0.6 is 0 Å². The fraction of sp³-hybridized carbons (Fsp3) is 0.250. The molecule has 0 saturated carbocycles. The standard InChI is InChI=1S/C24H23N3O5/c1-3-8-30-19-7-5-16(10-21(19)29-2)17-11-23(28)26-24-18(17)12-25-27(24)13-15-4-6-20-22(9-15)32-14-31-20/h3-7,9-10,12,17H,1,8,11,13-14H2,2H3,(H,26,28). The van der Waals surface area contributed by atoms with Crippen LogP contribution in [0, 0.1) is 0 Å². The first-order valence-electron chi connectivity index (χ1n) is 10.3. The fourth-order valence-electron chi connectivity index (χ4n) is 4.07. The number of hydrogen-bond donors (Lipinski definition) is 1. The summed E-state index contributed by atoms with van der Waals surface area (Å²) in [7, 11) is 1.60. The average molecular weight is 433 g/mol. The van der Waals surface area contributed by atoms with Gasteiger partial charge in [-0.15, -0.1) is 0 Å². The molecule has 2 aliphatic rings. The molecule has 164 valence electrons. The summed E-state index contributed by atoms with van der Waals surface area (Å²) >= 11 is 0. The predicted molar refractivity (Wildman–Crippen MR) is 118 cm³/mol. The maximum absolute atomic E-state index is 12.6. The summed E-state index contributed by atoms with van der Waals surface area (Å²) in [6.45, 7) is 4.79. The Balaban J connectivity index is 1.45. The lowest BCUT2D eigenvalue weighted by Gasteiger charge is -2.24. The van der Waals surface area contributed by atoms with Crippen molar-refractivity contribution >= 4 is 11.7 Å². The molecule has 8 nitrogen and oxygen atoms in total. The largest absolute Gasteiger partial charge is 0.493 e. The molecule has 8 heteroatoms. The Morgan fingerprint density at radius 2 is 2.09 bits per heavy atom. The normalized spacial score (nSPS) is 16.3. The Morgan fingerprint density at radius 3 is 2.94 bits per heavy atom. The second-order valence-corrected chi connectivity index (χ2v) is 7.61. The number of anilines is 1. The smallest absolute Gasteiger partial charge is 0.231 e. The molecule has 5 rings (SSSR count). The summed E-state index contributed by atoms with van der Waals surface area (Å²) in [6.07, 6.45) is 3.83. The Kier molecular flexibility index (Phi) is 5.18. The lowest BCUT2D eigenvalue weighted by molar-refractivity contribution is -0.116. The van der Waals surface area contributed by atoms with E-state index in [0.717, 1.165) is 28.2 Å². The number of aromatic nitrogens is 2. The highest BCUT2D eigenvalue weighted by molar-refractivity contribution is 5.94. The van der Waals surface area contributed by atoms with Crippen LogP contribution in [0.3, 0.4) is 0 Å². The number of nitrogens with zero attached hydrogens (tertiary/aromatic N) is 2. The van der Waals surface area contributed by atoms with Gasteiger partial charge in [0.25, 0.3) is 0 Å². The predicted octanol–water partition coefficient (Wildman–Crippen LogP) is 3.71. The first-order valence-corrected chi connectivity index (χ1v) is 10.3. The van der Waals surface area contributed by atoms with Gasteiger partial charge in [-0.2, -0.15) is 5.10 Å². The number of fused-ring (bicyclic) bond motifs is 2. The van der Waals surface area contributed by atoms with Crippen molar-refractivity contribution < 1.29 is 23.7 Å². The quantitative estimate of drug-likeness (QED) is 0.572. The van der Waals surface area contributed by atoms with Gasteiger partial charge in [-0.3, -0.25) is 4.79 Å². The minimum Gasteiger partial charge on any atom is -0.493 e. The average Bonchev–Trinajstić information content (AvgIpc) is 3.44. The highest BCUT2D eigenvalue weighted by Crippen LogP contribution is 2.40. The minimum atomic E-state index is -0.133. The number of carbonyl (C=O) groups is 1. The van der Waals surface area contributed by atoms with E-state index in [9.17, 15) is 4.79 Å². The second kappa shape index (κ2) is 8.30. The van der Waals surface area contributed by atoms with Gasteiger partial charge in [0.2, 0.25) is 12.7 Å². The number of ether oxygens (including phenoxy) is 4. The van der Waals surface area contributed by atoms with Crippen molar-refractivity contribution in [2.24, 2.45) is 0 Å². The molecule has 0 aliphatic carbocycles. The van der Waals surface area contributed by atoms with Crippen LogP contribution in [0.1, 0.15) is 29.0 Å². The molecule has 3 heterocycles. The minimum absolute atomic E-state index is 0.0547. The van der Waals surface area contributed by atoms with E-state index in [2.05, 4.69) is 17.0 Å². The van der Waals surface area contributed by atoms with Crippen LogP contribution in [0.2, 0.25) is 0 Å². The number of amides is 1. The molecule has 1 amide bonds. The maximum Gasteiger partial charge on any atom is 0.231 e. The van der Waals surface area contributed by atoms with Gasteiger partial charge in [0.1, 0.15) is 12.4 Å². The molecule has 1 aromatic heterocycles. The van der Waals surface area contributed by atoms with Crippen LogP contribution in [0.25, 0.3) is 0 Å². The lowest BCUT2D eigenvalue weighted by Crippen LogP contribution is -2.25. The Labute approximate surface area is 185 Å². The third-order valence-corrected chi connectivity index (χ3v) is 5.61. The van der Waals surface area contributed by atoms with Crippen LogP contribution < -0.4 is 24.3 Å². The number of methoxy groups -OCH3 is 1. The third-order valence-electron chi connectivity index (χ3n) is 5.61. The second-order valence-electron chi connectivity index (χ2n) is 7.61. The molecule has 1 atom stereocenters. The van der Waals surface area contributed by atoms with Gasteiger partial charge in [-0.25, -0.2) is 4.68 Å². The first kappa shape index (κ1) is 20.0. The zero-order chi connectivity index (χ0) is 22.1. The molecule has 0 fully saturated rings. The fourth-order valence-corrected chi connectivity index (χ4v) is 4.07. The molecule has 2 aliphatic heterocycles. The van der Waals surface area contributed by atoms with Crippen LogP contribution in [-0.2, 0) is 11.3 Å². The molecule has 0 spiro atoms. The van der Waals surface area contributed by atoms with Gasteiger partial charge in [-0.1, -0.05) is 24.8 Å². The van der Waals surface area contributed by atoms with E-state index in [1.54, 1.807) is 17.9 Å². The summed E-state index contributed by atoms with van der Waals surface area (Å²) in [5.41, 5.74) is 2.93. The summed E-state index contributed by atoms with van der Waals surface area (Å²) in [5, 5.41) is 7.55. The van der Waals surface area contributed by atoms with Crippen molar-refractivity contribution in [2.75, 3.05) is 25.8 Å². The SMILES string of the molecule is C=CCOc1ccc(C2CC(=O)Nc3c2cnn3Cc2ccc3c(c2)OCO3)cc1OC. The molecule has 0 saturated heterocycles. The van der Waals surface area contributed by atoms with E-state index in [0.29, 0.717) is 36.9 Å². The van der Waals surface area contributed by atoms with Gasteiger partial charge in [-0.05, 0) is 35.4 Å². The third kappa shape index (κ3) is 3.64. The molecule has 1 N–H and O–H groups in total. The van der Waals surface area contributed by atoms with Crippen molar-refractivity contribution in [2.45, 2.75) is 18.9 Å². The van der Waals surface area contributed by atoms with Gasteiger partial charge >= 0.3 is 0 Å². The highest BCUT2D eigenvalue weighted by atomic mass is 16.7. The van der Waals surface area contributed by atoms with Crippen LogP contribution in [0.4, 0.5) is 5.82 Å². The molecule has 3 aromatic rings. The summed E-state index contributed by atoms with van der Waals surface area (Å²) < 4.78 is 23.8. The molecule has 1 unspecified atom stereocenters. The summed E-state index contributed by atoms with van der Waals surface area (Å²) in [4.78, 5) is 12.6. The number of carbonyl (C=O) groups excluding carboxylic acids is 1. The van der Waals surface area contributed by atoms with Crippen LogP contribution in [-0.4, -0.2) is 36.2 Å². The monoisotopic (exact) mass is 433 g/mol. The molecule has 32 heavy (non-hydrogen) atoms. The molecular formula is C24H23N3O5. The number of benzene rings is 2.